The summed E-state index contributed by atoms with van der Waals surface area (Å²) < 4.78 is 4.25. The van der Waals surface area contributed by atoms with Gasteiger partial charge in [0.1, 0.15) is 4.70 Å². The monoisotopic (exact) mass is 328 g/mol. The second-order valence-corrected chi connectivity index (χ2v) is 6.85. The number of fused-ring (bicyclic) bond motifs is 3. The van der Waals surface area contributed by atoms with E-state index in [1.54, 1.807) is 11.6 Å². The van der Waals surface area contributed by atoms with Gasteiger partial charge in [-0.25, -0.2) is 0 Å². The lowest BCUT2D eigenvalue weighted by atomic mass is 9.99. The molecule has 0 unspecified atom stereocenters. The summed E-state index contributed by atoms with van der Waals surface area (Å²) in [6.45, 7) is 2.47. The molecule has 23 heavy (non-hydrogen) atoms. The van der Waals surface area contributed by atoms with Gasteiger partial charge in [0.2, 0.25) is 5.78 Å². The fraction of sp³-hybridized carbons (Fsp3) is 0.467. The third kappa shape index (κ3) is 2.24. The topological polar surface area (TPSA) is 79.2 Å². The number of rotatable bonds is 2. The Morgan fingerprint density at radius 1 is 1.39 bits per heavy atom. The highest BCUT2D eigenvalue weighted by Crippen LogP contribution is 2.21. The Bertz CT molecular complexity index is 970. The smallest absolute Gasteiger partial charge is 0.272 e. The molecule has 1 aliphatic rings. The standard InChI is InChI=1S/C15H16N6OS/c1-19-14(22)13-11(4-7-23-13)21-12(17-18-15(19)21)9-20-5-2-10(8-16)3-6-20/h4,7,10H,2-3,5-6,9H2,1H3. The SMILES string of the molecule is Cn1c(=O)c2sccc2n2c(CN3CCC(C#N)CC3)nnc12. The molecule has 0 aromatic carbocycles. The Kier molecular flexibility index (Phi) is 3.39. The summed E-state index contributed by atoms with van der Waals surface area (Å²) in [5.41, 5.74) is 0.844. The molecule has 0 atom stereocenters. The van der Waals surface area contributed by atoms with Crippen molar-refractivity contribution in [1.82, 2.24) is 24.1 Å². The Morgan fingerprint density at radius 3 is 2.91 bits per heavy atom. The van der Waals surface area contributed by atoms with Crippen LogP contribution >= 0.6 is 11.3 Å². The van der Waals surface area contributed by atoms with E-state index in [9.17, 15) is 4.79 Å². The van der Waals surface area contributed by atoms with Crippen LogP contribution in [0.2, 0.25) is 0 Å². The number of aryl methyl sites for hydroxylation is 1. The van der Waals surface area contributed by atoms with Crippen molar-refractivity contribution in [2.24, 2.45) is 13.0 Å². The summed E-state index contributed by atoms with van der Waals surface area (Å²) in [7, 11) is 1.73. The highest BCUT2D eigenvalue weighted by atomic mass is 32.1. The molecule has 3 aromatic rings. The number of piperidine rings is 1. The van der Waals surface area contributed by atoms with Gasteiger partial charge in [-0.05, 0) is 37.4 Å². The van der Waals surface area contributed by atoms with Gasteiger partial charge in [-0.2, -0.15) is 5.26 Å². The Balaban J connectivity index is 1.74. The molecule has 0 bridgehead atoms. The average molecular weight is 328 g/mol. The van der Waals surface area contributed by atoms with Crippen LogP contribution < -0.4 is 5.56 Å². The van der Waals surface area contributed by atoms with Crippen molar-refractivity contribution < 1.29 is 0 Å². The van der Waals surface area contributed by atoms with Crippen LogP contribution in [0.3, 0.4) is 0 Å². The highest BCUT2D eigenvalue weighted by molar-refractivity contribution is 7.17. The third-order valence-corrected chi connectivity index (χ3v) is 5.42. The van der Waals surface area contributed by atoms with Crippen molar-refractivity contribution in [2.75, 3.05) is 13.1 Å². The van der Waals surface area contributed by atoms with Crippen LogP contribution in [0.4, 0.5) is 0 Å². The van der Waals surface area contributed by atoms with Crippen molar-refractivity contribution >= 4 is 27.3 Å². The second kappa shape index (κ2) is 5.44. The predicted octanol–water partition coefficient (Wildman–Crippen LogP) is 1.38. The molecule has 0 spiro atoms. The van der Waals surface area contributed by atoms with E-state index in [1.807, 2.05) is 15.8 Å². The fourth-order valence-corrected chi connectivity index (χ4v) is 4.03. The molecule has 1 aliphatic heterocycles. The second-order valence-electron chi connectivity index (χ2n) is 5.93. The molecule has 4 heterocycles. The van der Waals surface area contributed by atoms with Crippen molar-refractivity contribution in [1.29, 1.82) is 5.26 Å². The number of nitrogens with zero attached hydrogens (tertiary/aromatic N) is 6. The number of aromatic nitrogens is 4. The van der Waals surface area contributed by atoms with Crippen molar-refractivity contribution in [3.8, 4) is 6.07 Å². The van der Waals surface area contributed by atoms with E-state index in [4.69, 9.17) is 5.26 Å². The van der Waals surface area contributed by atoms with Gasteiger partial charge in [0.15, 0.2) is 5.82 Å². The molecule has 8 heteroatoms. The molecule has 118 valence electrons. The molecule has 0 aliphatic carbocycles. The molecule has 0 N–H and O–H groups in total. The molecule has 4 rings (SSSR count). The minimum absolute atomic E-state index is 0.0312. The molecule has 3 aromatic heterocycles. The summed E-state index contributed by atoms with van der Waals surface area (Å²) in [4.78, 5) is 14.6. The maximum Gasteiger partial charge on any atom is 0.272 e. The quantitative estimate of drug-likeness (QED) is 0.710. The van der Waals surface area contributed by atoms with Crippen molar-refractivity contribution in [3.63, 3.8) is 0 Å². The number of thiophene rings is 1. The van der Waals surface area contributed by atoms with E-state index in [2.05, 4.69) is 21.2 Å². The van der Waals surface area contributed by atoms with Gasteiger partial charge in [0.25, 0.3) is 5.56 Å². The molecule has 0 saturated carbocycles. The average Bonchev–Trinajstić information content (AvgIpc) is 3.20. The van der Waals surface area contributed by atoms with Gasteiger partial charge in [0, 0.05) is 13.0 Å². The van der Waals surface area contributed by atoms with E-state index < -0.39 is 0 Å². The lowest BCUT2D eigenvalue weighted by Crippen LogP contribution is -2.33. The van der Waals surface area contributed by atoms with E-state index in [0.29, 0.717) is 12.3 Å². The number of hydrogen-bond acceptors (Lipinski definition) is 6. The van der Waals surface area contributed by atoms with Gasteiger partial charge >= 0.3 is 0 Å². The van der Waals surface area contributed by atoms with Crippen LogP contribution in [0.15, 0.2) is 16.2 Å². The van der Waals surface area contributed by atoms with Gasteiger partial charge < -0.3 is 0 Å². The van der Waals surface area contributed by atoms with E-state index in [-0.39, 0.29) is 11.5 Å². The van der Waals surface area contributed by atoms with E-state index >= 15 is 0 Å². The van der Waals surface area contributed by atoms with Crippen molar-refractivity contribution in [3.05, 3.63) is 27.6 Å². The zero-order valence-corrected chi connectivity index (χ0v) is 13.6. The minimum Gasteiger partial charge on any atom is -0.296 e. The maximum absolute atomic E-state index is 12.3. The van der Waals surface area contributed by atoms with Crippen LogP contribution in [0.1, 0.15) is 18.7 Å². The number of likely N-dealkylation sites (tertiary alicyclic amines) is 1. The number of nitriles is 1. The van der Waals surface area contributed by atoms with Crippen LogP contribution in [0.5, 0.6) is 0 Å². The van der Waals surface area contributed by atoms with E-state index in [1.165, 1.54) is 11.3 Å². The van der Waals surface area contributed by atoms with Gasteiger partial charge in [-0.1, -0.05) is 0 Å². The first-order chi connectivity index (χ1) is 11.2. The van der Waals surface area contributed by atoms with Gasteiger partial charge in [-0.3, -0.25) is 18.7 Å². The molecule has 1 fully saturated rings. The summed E-state index contributed by atoms with van der Waals surface area (Å²) in [6, 6.07) is 4.30. The molecule has 0 amide bonds. The largest absolute Gasteiger partial charge is 0.296 e. The summed E-state index contributed by atoms with van der Waals surface area (Å²) >= 11 is 1.45. The molecule has 0 radical (unpaired) electrons. The van der Waals surface area contributed by atoms with Crippen LogP contribution in [-0.2, 0) is 13.6 Å². The van der Waals surface area contributed by atoms with Crippen LogP contribution in [0, 0.1) is 17.2 Å². The van der Waals surface area contributed by atoms with Gasteiger partial charge in [-0.15, -0.1) is 21.5 Å². The predicted molar refractivity (Wildman–Crippen MR) is 87.2 cm³/mol. The Hall–Kier alpha value is -2.24. The van der Waals surface area contributed by atoms with E-state index in [0.717, 1.165) is 42.0 Å². The maximum atomic E-state index is 12.3. The fourth-order valence-electron chi connectivity index (χ4n) is 3.18. The lowest BCUT2D eigenvalue weighted by molar-refractivity contribution is 0.193. The number of hydrogen-bond donors (Lipinski definition) is 0. The van der Waals surface area contributed by atoms with Crippen LogP contribution in [-0.4, -0.2) is 37.2 Å². The zero-order chi connectivity index (χ0) is 16.0. The summed E-state index contributed by atoms with van der Waals surface area (Å²) in [5, 5.41) is 19.4. The van der Waals surface area contributed by atoms with Gasteiger partial charge in [0.05, 0.1) is 18.1 Å². The Morgan fingerprint density at radius 2 is 2.17 bits per heavy atom. The lowest BCUT2D eigenvalue weighted by Gasteiger charge is -2.28. The first-order valence-corrected chi connectivity index (χ1v) is 8.49. The molecular formula is C15H16N6OS. The van der Waals surface area contributed by atoms with Crippen LogP contribution in [0.25, 0.3) is 16.0 Å². The van der Waals surface area contributed by atoms with Crippen molar-refractivity contribution in [2.45, 2.75) is 19.4 Å². The summed E-state index contributed by atoms with van der Waals surface area (Å²) in [5.74, 6) is 1.59. The third-order valence-electron chi connectivity index (χ3n) is 4.53. The Labute approximate surface area is 136 Å². The normalized spacial score (nSPS) is 17.0. The summed E-state index contributed by atoms with van der Waals surface area (Å²) in [6.07, 6.45) is 1.80. The first-order valence-electron chi connectivity index (χ1n) is 7.61. The molecule has 7 nitrogen and oxygen atoms in total. The highest BCUT2D eigenvalue weighted by Gasteiger charge is 2.22. The first kappa shape index (κ1) is 14.4. The molecule has 1 saturated heterocycles. The zero-order valence-electron chi connectivity index (χ0n) is 12.8. The molecular weight excluding hydrogens is 312 g/mol. The minimum atomic E-state index is -0.0312.